The van der Waals surface area contributed by atoms with E-state index in [1.165, 1.54) is 12.1 Å². The highest BCUT2D eigenvalue weighted by atomic mass is 19.1. The Kier molecular flexibility index (Phi) is 6.11. The lowest BCUT2D eigenvalue weighted by atomic mass is 10.0. The van der Waals surface area contributed by atoms with Crippen molar-refractivity contribution >= 4 is 5.91 Å². The lowest BCUT2D eigenvalue weighted by Crippen LogP contribution is -2.36. The molecule has 0 saturated heterocycles. The topological polar surface area (TPSA) is 55.6 Å². The fourth-order valence-electron chi connectivity index (χ4n) is 2.43. The minimum atomic E-state index is -0.577. The molecule has 2 rings (SSSR count). The molecule has 2 aromatic carbocycles. The Hall–Kier alpha value is -2.40. The second-order valence-electron chi connectivity index (χ2n) is 5.35. The van der Waals surface area contributed by atoms with Gasteiger partial charge in [-0.15, -0.1) is 0 Å². The Labute approximate surface area is 135 Å². The van der Waals surface area contributed by atoms with Crippen molar-refractivity contribution in [2.45, 2.75) is 12.5 Å². The standard InChI is InChI=1S/C18H21FN2O2/c1-21(12-5-13-23-16-6-3-2-4-7-16)17(18(20)22)14-8-10-15(19)11-9-14/h2-4,6-11,17H,5,12-13H2,1H3,(H2,20,22). The SMILES string of the molecule is CN(CCCOc1ccccc1)C(C(N)=O)c1ccc(F)cc1. The van der Waals surface area contributed by atoms with Crippen LogP contribution in [0.4, 0.5) is 4.39 Å². The predicted octanol–water partition coefficient (Wildman–Crippen LogP) is 2.75. The van der Waals surface area contributed by atoms with Crippen molar-refractivity contribution in [2.24, 2.45) is 5.73 Å². The van der Waals surface area contributed by atoms with E-state index in [2.05, 4.69) is 0 Å². The van der Waals surface area contributed by atoms with Crippen molar-refractivity contribution in [1.29, 1.82) is 0 Å². The molecule has 1 atom stereocenters. The van der Waals surface area contributed by atoms with Gasteiger partial charge in [0, 0.05) is 6.54 Å². The van der Waals surface area contributed by atoms with E-state index in [9.17, 15) is 9.18 Å². The van der Waals surface area contributed by atoms with Crippen molar-refractivity contribution in [3.8, 4) is 5.75 Å². The number of rotatable bonds is 8. The van der Waals surface area contributed by atoms with E-state index in [1.54, 1.807) is 12.1 Å². The zero-order chi connectivity index (χ0) is 16.7. The van der Waals surface area contributed by atoms with Gasteiger partial charge in [0.25, 0.3) is 0 Å². The van der Waals surface area contributed by atoms with Crippen molar-refractivity contribution in [2.75, 3.05) is 20.2 Å². The van der Waals surface area contributed by atoms with Crippen LogP contribution in [0.1, 0.15) is 18.0 Å². The minimum Gasteiger partial charge on any atom is -0.494 e. The first-order valence-corrected chi connectivity index (χ1v) is 7.51. The molecule has 0 radical (unpaired) electrons. The molecule has 2 aromatic rings. The molecule has 0 fully saturated rings. The summed E-state index contributed by atoms with van der Waals surface area (Å²) in [6, 6.07) is 14.8. The normalized spacial score (nSPS) is 12.1. The Morgan fingerprint density at radius 3 is 2.43 bits per heavy atom. The first-order valence-electron chi connectivity index (χ1n) is 7.51. The highest BCUT2D eigenvalue weighted by Crippen LogP contribution is 2.19. The number of hydrogen-bond donors (Lipinski definition) is 1. The van der Waals surface area contributed by atoms with Gasteiger partial charge in [0.15, 0.2) is 0 Å². The lowest BCUT2D eigenvalue weighted by Gasteiger charge is -2.25. The molecule has 2 N–H and O–H groups in total. The summed E-state index contributed by atoms with van der Waals surface area (Å²) in [6.07, 6.45) is 0.746. The summed E-state index contributed by atoms with van der Waals surface area (Å²) in [6.45, 7) is 1.18. The average molecular weight is 316 g/mol. The Balaban J connectivity index is 1.87. The van der Waals surface area contributed by atoms with Crippen LogP contribution < -0.4 is 10.5 Å². The van der Waals surface area contributed by atoms with Gasteiger partial charge in [-0.3, -0.25) is 9.69 Å². The third-order valence-electron chi connectivity index (χ3n) is 3.56. The number of likely N-dealkylation sites (N-methyl/N-ethyl adjacent to an activating group) is 1. The van der Waals surface area contributed by atoms with Gasteiger partial charge >= 0.3 is 0 Å². The van der Waals surface area contributed by atoms with E-state index in [0.717, 1.165) is 12.2 Å². The molecule has 0 aromatic heterocycles. The van der Waals surface area contributed by atoms with Crippen LogP contribution in [0.2, 0.25) is 0 Å². The average Bonchev–Trinajstić information content (AvgIpc) is 2.54. The van der Waals surface area contributed by atoms with Crippen molar-refractivity contribution in [1.82, 2.24) is 4.90 Å². The first kappa shape index (κ1) is 17.0. The Morgan fingerprint density at radius 1 is 1.17 bits per heavy atom. The number of hydrogen-bond acceptors (Lipinski definition) is 3. The Morgan fingerprint density at radius 2 is 1.83 bits per heavy atom. The van der Waals surface area contributed by atoms with Crippen LogP contribution in [0.25, 0.3) is 0 Å². The monoisotopic (exact) mass is 316 g/mol. The van der Waals surface area contributed by atoms with Crippen molar-refractivity contribution < 1.29 is 13.9 Å². The zero-order valence-corrected chi connectivity index (χ0v) is 13.1. The number of amides is 1. The summed E-state index contributed by atoms with van der Waals surface area (Å²) in [5, 5.41) is 0. The van der Waals surface area contributed by atoms with Crippen molar-refractivity contribution in [3.63, 3.8) is 0 Å². The second-order valence-corrected chi connectivity index (χ2v) is 5.35. The van der Waals surface area contributed by atoms with Crippen LogP contribution in [-0.2, 0) is 4.79 Å². The maximum Gasteiger partial charge on any atom is 0.239 e. The molecule has 122 valence electrons. The fraction of sp³-hybridized carbons (Fsp3) is 0.278. The maximum atomic E-state index is 13.0. The highest BCUT2D eigenvalue weighted by molar-refractivity contribution is 5.81. The number of nitrogens with zero attached hydrogens (tertiary/aromatic N) is 1. The van der Waals surface area contributed by atoms with E-state index in [1.807, 2.05) is 42.3 Å². The van der Waals surface area contributed by atoms with Gasteiger partial charge in [-0.25, -0.2) is 4.39 Å². The molecule has 1 amide bonds. The van der Waals surface area contributed by atoms with E-state index in [0.29, 0.717) is 18.7 Å². The molecule has 0 heterocycles. The number of carbonyl (C=O) groups excluding carboxylic acids is 1. The van der Waals surface area contributed by atoms with E-state index in [4.69, 9.17) is 10.5 Å². The molecule has 0 spiro atoms. The smallest absolute Gasteiger partial charge is 0.239 e. The van der Waals surface area contributed by atoms with E-state index >= 15 is 0 Å². The summed E-state index contributed by atoms with van der Waals surface area (Å²) >= 11 is 0. The van der Waals surface area contributed by atoms with Gasteiger partial charge in [-0.05, 0) is 43.3 Å². The van der Waals surface area contributed by atoms with Gasteiger partial charge < -0.3 is 10.5 Å². The van der Waals surface area contributed by atoms with Crippen LogP contribution in [0, 0.1) is 5.82 Å². The number of primary amides is 1. The van der Waals surface area contributed by atoms with Gasteiger partial charge in [-0.2, -0.15) is 0 Å². The second kappa shape index (κ2) is 8.29. The zero-order valence-electron chi connectivity index (χ0n) is 13.1. The molecule has 4 nitrogen and oxygen atoms in total. The van der Waals surface area contributed by atoms with Gasteiger partial charge in [0.2, 0.25) is 5.91 Å². The van der Waals surface area contributed by atoms with E-state index in [-0.39, 0.29) is 5.82 Å². The molecule has 1 unspecified atom stereocenters. The van der Waals surface area contributed by atoms with Crippen LogP contribution in [0.5, 0.6) is 5.75 Å². The number of nitrogens with two attached hydrogens (primary N) is 1. The number of ether oxygens (including phenoxy) is 1. The number of benzene rings is 2. The molecule has 5 heteroatoms. The largest absolute Gasteiger partial charge is 0.494 e. The minimum absolute atomic E-state index is 0.337. The van der Waals surface area contributed by atoms with E-state index < -0.39 is 11.9 Å². The van der Waals surface area contributed by atoms with Gasteiger partial charge in [0.1, 0.15) is 17.6 Å². The predicted molar refractivity (Wildman–Crippen MR) is 87.5 cm³/mol. The highest BCUT2D eigenvalue weighted by Gasteiger charge is 2.22. The van der Waals surface area contributed by atoms with Crippen LogP contribution in [0.3, 0.4) is 0 Å². The molecular formula is C18H21FN2O2. The summed E-state index contributed by atoms with van der Waals surface area (Å²) in [7, 11) is 1.82. The van der Waals surface area contributed by atoms with Crippen LogP contribution >= 0.6 is 0 Å². The van der Waals surface area contributed by atoms with Crippen LogP contribution in [-0.4, -0.2) is 31.0 Å². The third kappa shape index (κ3) is 5.07. The fourth-order valence-corrected chi connectivity index (χ4v) is 2.43. The molecule has 0 aliphatic heterocycles. The summed E-state index contributed by atoms with van der Waals surface area (Å²) < 4.78 is 18.6. The van der Waals surface area contributed by atoms with Gasteiger partial charge in [-0.1, -0.05) is 30.3 Å². The number of carbonyl (C=O) groups is 1. The Bertz CT molecular complexity index is 617. The lowest BCUT2D eigenvalue weighted by molar-refractivity contribution is -0.123. The maximum absolute atomic E-state index is 13.0. The van der Waals surface area contributed by atoms with Gasteiger partial charge in [0.05, 0.1) is 6.61 Å². The molecule has 0 bridgehead atoms. The number of para-hydroxylation sites is 1. The van der Waals surface area contributed by atoms with Crippen molar-refractivity contribution in [3.05, 3.63) is 66.0 Å². The molecule has 23 heavy (non-hydrogen) atoms. The number of halogens is 1. The molecular weight excluding hydrogens is 295 g/mol. The summed E-state index contributed by atoms with van der Waals surface area (Å²) in [4.78, 5) is 13.6. The molecule has 0 aliphatic carbocycles. The molecule has 0 saturated carbocycles. The first-order chi connectivity index (χ1) is 11.1. The summed E-state index contributed by atoms with van der Waals surface area (Å²) in [5.41, 5.74) is 6.18. The summed E-state index contributed by atoms with van der Waals surface area (Å²) in [5.74, 6) is 0.0270. The third-order valence-corrected chi connectivity index (χ3v) is 3.56. The quantitative estimate of drug-likeness (QED) is 0.762. The van der Waals surface area contributed by atoms with Crippen LogP contribution in [0.15, 0.2) is 54.6 Å². The molecule has 0 aliphatic rings.